The first-order chi connectivity index (χ1) is 9.60. The predicted molar refractivity (Wildman–Crippen MR) is 78.6 cm³/mol. The van der Waals surface area contributed by atoms with E-state index in [1.165, 1.54) is 0 Å². The van der Waals surface area contributed by atoms with E-state index in [4.69, 9.17) is 4.74 Å². The Hall–Kier alpha value is -2.36. The summed E-state index contributed by atoms with van der Waals surface area (Å²) >= 11 is 0. The number of carbonyl (C=O) groups is 1. The van der Waals surface area contributed by atoms with E-state index >= 15 is 0 Å². The largest absolute Gasteiger partial charge is 0.495 e. The number of hydrogen-bond acceptors (Lipinski definition) is 3. The maximum Gasteiger partial charge on any atom is 0.226 e. The zero-order chi connectivity index (χ0) is 14.5. The molecule has 4 nitrogen and oxygen atoms in total. The van der Waals surface area contributed by atoms with Gasteiger partial charge in [-0.3, -0.25) is 9.78 Å². The molecule has 0 unspecified atom stereocenters. The van der Waals surface area contributed by atoms with Crippen LogP contribution in [0.4, 0.5) is 0 Å². The van der Waals surface area contributed by atoms with Crippen LogP contribution in [0, 0.1) is 0 Å². The molecule has 0 saturated heterocycles. The first-order valence-corrected chi connectivity index (χ1v) is 6.38. The molecule has 0 spiro atoms. The molecule has 0 aliphatic rings. The summed E-state index contributed by atoms with van der Waals surface area (Å²) in [6.45, 7) is 0. The molecule has 0 radical (unpaired) electrons. The molecular formula is C16H18N2O2. The maximum absolute atomic E-state index is 11.7. The van der Waals surface area contributed by atoms with Crippen LogP contribution in [0.15, 0.2) is 42.7 Å². The predicted octanol–water partition coefficient (Wildman–Crippen LogP) is 2.39. The van der Waals surface area contributed by atoms with Gasteiger partial charge in [0, 0.05) is 25.9 Å². The summed E-state index contributed by atoms with van der Waals surface area (Å²) < 4.78 is 5.17. The van der Waals surface area contributed by atoms with Gasteiger partial charge in [0.2, 0.25) is 5.91 Å². The van der Waals surface area contributed by atoms with Gasteiger partial charge >= 0.3 is 0 Å². The number of likely N-dealkylation sites (N-methyl/N-ethyl adjacent to an activating group) is 1. The minimum Gasteiger partial charge on any atom is -0.495 e. The Labute approximate surface area is 119 Å². The van der Waals surface area contributed by atoms with Crippen molar-refractivity contribution >= 4 is 5.91 Å². The Morgan fingerprint density at radius 3 is 2.45 bits per heavy atom. The van der Waals surface area contributed by atoms with Gasteiger partial charge in [0.15, 0.2) is 0 Å². The molecule has 0 aliphatic heterocycles. The first kappa shape index (κ1) is 14.1. The summed E-state index contributed by atoms with van der Waals surface area (Å²) in [5.41, 5.74) is 3.05. The third kappa shape index (κ3) is 3.35. The Morgan fingerprint density at radius 2 is 1.85 bits per heavy atom. The summed E-state index contributed by atoms with van der Waals surface area (Å²) in [7, 11) is 5.15. The summed E-state index contributed by atoms with van der Waals surface area (Å²) in [5.74, 6) is 0.829. The lowest BCUT2D eigenvalue weighted by Crippen LogP contribution is -2.23. The second-order valence-corrected chi connectivity index (χ2v) is 4.78. The van der Waals surface area contributed by atoms with Crippen molar-refractivity contribution in [3.63, 3.8) is 0 Å². The fourth-order valence-electron chi connectivity index (χ4n) is 1.84. The highest BCUT2D eigenvalue weighted by Gasteiger charge is 2.06. The Kier molecular flexibility index (Phi) is 4.35. The minimum absolute atomic E-state index is 0.0980. The molecule has 0 saturated carbocycles. The van der Waals surface area contributed by atoms with Crippen LogP contribution in [-0.4, -0.2) is 37.0 Å². The number of hydrogen-bond donors (Lipinski definition) is 0. The van der Waals surface area contributed by atoms with Gasteiger partial charge in [0.25, 0.3) is 0 Å². The third-order valence-electron chi connectivity index (χ3n) is 3.09. The zero-order valence-corrected chi connectivity index (χ0v) is 12.0. The molecule has 2 rings (SSSR count). The van der Waals surface area contributed by atoms with Crippen molar-refractivity contribution in [2.75, 3.05) is 21.2 Å². The monoisotopic (exact) mass is 270 g/mol. The van der Waals surface area contributed by atoms with Crippen molar-refractivity contribution in [1.29, 1.82) is 0 Å². The van der Waals surface area contributed by atoms with Crippen LogP contribution in [0.5, 0.6) is 5.75 Å². The molecule has 1 amide bonds. The van der Waals surface area contributed by atoms with Crippen LogP contribution in [0.25, 0.3) is 11.1 Å². The standard InChI is InChI=1S/C16H18N2O2/c1-18(2)16(19)8-12-4-6-13(7-5-12)14-9-15(20-3)11-17-10-14/h4-7,9-11H,8H2,1-3H3. The van der Waals surface area contributed by atoms with E-state index in [0.717, 1.165) is 22.4 Å². The van der Waals surface area contributed by atoms with Crippen LogP contribution in [-0.2, 0) is 11.2 Å². The SMILES string of the molecule is COc1cncc(-c2ccc(CC(=O)N(C)C)cc2)c1. The molecule has 4 heteroatoms. The third-order valence-corrected chi connectivity index (χ3v) is 3.09. The molecule has 0 bridgehead atoms. The summed E-state index contributed by atoms with van der Waals surface area (Å²) in [6.07, 6.45) is 3.89. The van der Waals surface area contributed by atoms with Crippen LogP contribution in [0.2, 0.25) is 0 Å². The van der Waals surface area contributed by atoms with Crippen molar-refractivity contribution in [2.24, 2.45) is 0 Å². The van der Waals surface area contributed by atoms with E-state index < -0.39 is 0 Å². The number of nitrogens with zero attached hydrogens (tertiary/aromatic N) is 2. The molecule has 1 heterocycles. The van der Waals surface area contributed by atoms with Crippen molar-refractivity contribution in [3.8, 4) is 16.9 Å². The number of ether oxygens (including phenoxy) is 1. The number of carbonyl (C=O) groups excluding carboxylic acids is 1. The van der Waals surface area contributed by atoms with Gasteiger partial charge in [-0.25, -0.2) is 0 Å². The average molecular weight is 270 g/mol. The summed E-state index contributed by atoms with van der Waals surface area (Å²) in [6, 6.07) is 9.86. The van der Waals surface area contributed by atoms with Gasteiger partial charge in [-0.05, 0) is 17.2 Å². The fraction of sp³-hybridized carbons (Fsp3) is 0.250. The van der Waals surface area contributed by atoms with Crippen molar-refractivity contribution in [3.05, 3.63) is 48.3 Å². The number of pyridine rings is 1. The van der Waals surface area contributed by atoms with E-state index in [0.29, 0.717) is 6.42 Å². The van der Waals surface area contributed by atoms with Gasteiger partial charge in [-0.1, -0.05) is 24.3 Å². The lowest BCUT2D eigenvalue weighted by Gasteiger charge is -2.10. The second kappa shape index (κ2) is 6.19. The Bertz CT molecular complexity index is 592. The van der Waals surface area contributed by atoms with Crippen molar-refractivity contribution in [1.82, 2.24) is 9.88 Å². The van der Waals surface area contributed by atoms with Gasteiger partial charge in [-0.15, -0.1) is 0 Å². The Morgan fingerprint density at radius 1 is 1.15 bits per heavy atom. The van der Waals surface area contributed by atoms with E-state index in [1.807, 2.05) is 30.3 Å². The fourth-order valence-corrected chi connectivity index (χ4v) is 1.84. The average Bonchev–Trinajstić information content (AvgIpc) is 2.48. The van der Waals surface area contributed by atoms with E-state index in [-0.39, 0.29) is 5.91 Å². The molecular weight excluding hydrogens is 252 g/mol. The van der Waals surface area contributed by atoms with Crippen LogP contribution in [0.1, 0.15) is 5.56 Å². The molecule has 20 heavy (non-hydrogen) atoms. The van der Waals surface area contributed by atoms with Gasteiger partial charge in [0.05, 0.1) is 19.7 Å². The minimum atomic E-state index is 0.0980. The smallest absolute Gasteiger partial charge is 0.226 e. The topological polar surface area (TPSA) is 42.4 Å². The van der Waals surface area contributed by atoms with Crippen molar-refractivity contribution in [2.45, 2.75) is 6.42 Å². The van der Waals surface area contributed by atoms with Crippen LogP contribution >= 0.6 is 0 Å². The number of aromatic nitrogens is 1. The number of benzene rings is 1. The first-order valence-electron chi connectivity index (χ1n) is 6.38. The number of methoxy groups -OCH3 is 1. The molecule has 1 aromatic carbocycles. The molecule has 0 atom stereocenters. The van der Waals surface area contributed by atoms with Crippen LogP contribution < -0.4 is 4.74 Å². The van der Waals surface area contributed by atoms with Crippen LogP contribution in [0.3, 0.4) is 0 Å². The Balaban J connectivity index is 2.17. The molecule has 0 fully saturated rings. The summed E-state index contributed by atoms with van der Waals surface area (Å²) in [5, 5.41) is 0. The number of amides is 1. The molecule has 104 valence electrons. The van der Waals surface area contributed by atoms with E-state index in [2.05, 4.69) is 4.98 Å². The second-order valence-electron chi connectivity index (χ2n) is 4.78. The summed E-state index contributed by atoms with van der Waals surface area (Å²) in [4.78, 5) is 17.4. The lowest BCUT2D eigenvalue weighted by molar-refractivity contribution is -0.127. The molecule has 0 N–H and O–H groups in total. The van der Waals surface area contributed by atoms with Gasteiger partial charge in [-0.2, -0.15) is 0 Å². The van der Waals surface area contributed by atoms with E-state index in [1.54, 1.807) is 38.5 Å². The van der Waals surface area contributed by atoms with Crippen molar-refractivity contribution < 1.29 is 9.53 Å². The lowest BCUT2D eigenvalue weighted by atomic mass is 10.0. The molecule has 1 aromatic heterocycles. The number of rotatable bonds is 4. The molecule has 2 aromatic rings. The normalized spacial score (nSPS) is 10.2. The highest BCUT2D eigenvalue weighted by atomic mass is 16.5. The highest BCUT2D eigenvalue weighted by molar-refractivity contribution is 5.78. The van der Waals surface area contributed by atoms with Gasteiger partial charge in [0.1, 0.15) is 5.75 Å². The highest BCUT2D eigenvalue weighted by Crippen LogP contribution is 2.22. The molecule has 0 aliphatic carbocycles. The van der Waals surface area contributed by atoms with E-state index in [9.17, 15) is 4.79 Å². The maximum atomic E-state index is 11.7. The quantitative estimate of drug-likeness (QED) is 0.856. The van der Waals surface area contributed by atoms with Gasteiger partial charge < -0.3 is 9.64 Å². The zero-order valence-electron chi connectivity index (χ0n) is 12.0.